The molecule has 19 heavy (non-hydrogen) atoms. The van der Waals surface area contributed by atoms with E-state index in [4.69, 9.17) is 16.3 Å². The van der Waals surface area contributed by atoms with Crippen molar-refractivity contribution >= 4 is 17.2 Å². The number of halogens is 2. The van der Waals surface area contributed by atoms with E-state index in [9.17, 15) is 4.39 Å². The zero-order valence-corrected chi connectivity index (χ0v) is 10.6. The maximum absolute atomic E-state index is 13.7. The molecule has 3 aromatic rings. The Labute approximate surface area is 112 Å². The fourth-order valence-electron chi connectivity index (χ4n) is 1.77. The Morgan fingerprint density at radius 3 is 2.84 bits per heavy atom. The van der Waals surface area contributed by atoms with Gasteiger partial charge in [0.25, 0.3) is 0 Å². The minimum Gasteiger partial charge on any atom is -0.494 e. The highest BCUT2D eigenvalue weighted by molar-refractivity contribution is 6.29. The van der Waals surface area contributed by atoms with Gasteiger partial charge in [-0.05, 0) is 18.2 Å². The summed E-state index contributed by atoms with van der Waals surface area (Å²) in [6.07, 6.45) is 1.50. The molecular formula is C12H8ClFN4O. The molecule has 0 N–H and O–H groups in total. The summed E-state index contributed by atoms with van der Waals surface area (Å²) >= 11 is 5.77. The Morgan fingerprint density at radius 1 is 1.26 bits per heavy atom. The van der Waals surface area contributed by atoms with Gasteiger partial charge in [-0.1, -0.05) is 11.6 Å². The van der Waals surface area contributed by atoms with E-state index in [1.165, 1.54) is 25.6 Å². The van der Waals surface area contributed by atoms with Gasteiger partial charge in [-0.3, -0.25) is 4.40 Å². The summed E-state index contributed by atoms with van der Waals surface area (Å²) in [7, 11) is 1.41. The Morgan fingerprint density at radius 2 is 2.11 bits per heavy atom. The van der Waals surface area contributed by atoms with Gasteiger partial charge in [0.2, 0.25) is 0 Å². The Kier molecular flexibility index (Phi) is 2.79. The highest BCUT2D eigenvalue weighted by atomic mass is 35.5. The average Bonchev–Trinajstić information content (AvgIpc) is 2.81. The van der Waals surface area contributed by atoms with Crippen LogP contribution in [0.2, 0.25) is 5.15 Å². The highest BCUT2D eigenvalue weighted by Gasteiger charge is 2.11. The van der Waals surface area contributed by atoms with Gasteiger partial charge < -0.3 is 4.74 Å². The van der Waals surface area contributed by atoms with Crippen LogP contribution in [0.5, 0.6) is 5.75 Å². The molecule has 0 radical (unpaired) electrons. The molecule has 3 rings (SSSR count). The van der Waals surface area contributed by atoms with Crippen molar-refractivity contribution < 1.29 is 9.13 Å². The van der Waals surface area contributed by atoms with E-state index in [1.54, 1.807) is 16.5 Å². The molecule has 2 aromatic heterocycles. The molecule has 0 saturated carbocycles. The first-order valence-corrected chi connectivity index (χ1v) is 5.77. The Bertz CT molecular complexity index is 759. The van der Waals surface area contributed by atoms with Crippen LogP contribution in [-0.4, -0.2) is 26.7 Å². The summed E-state index contributed by atoms with van der Waals surface area (Å²) in [6, 6.07) is 6.16. The fourth-order valence-corrected chi connectivity index (χ4v) is 1.92. The van der Waals surface area contributed by atoms with Crippen LogP contribution < -0.4 is 4.74 Å². The lowest BCUT2D eigenvalue weighted by atomic mass is 10.2. The normalized spacial score (nSPS) is 10.9. The lowest BCUT2D eigenvalue weighted by Crippen LogP contribution is -1.93. The molecule has 0 atom stereocenters. The van der Waals surface area contributed by atoms with E-state index in [0.29, 0.717) is 22.2 Å². The van der Waals surface area contributed by atoms with Crippen molar-refractivity contribution in [3.63, 3.8) is 0 Å². The van der Waals surface area contributed by atoms with Crippen LogP contribution in [0.15, 0.2) is 30.6 Å². The molecule has 96 valence electrons. The molecule has 5 nitrogen and oxygen atoms in total. The summed E-state index contributed by atoms with van der Waals surface area (Å²) in [5.74, 6) is 0.207. The van der Waals surface area contributed by atoms with Crippen LogP contribution in [-0.2, 0) is 0 Å². The number of hydrogen-bond acceptors (Lipinski definition) is 4. The monoisotopic (exact) mass is 278 g/mol. The van der Waals surface area contributed by atoms with Crippen molar-refractivity contribution in [3.05, 3.63) is 41.6 Å². The van der Waals surface area contributed by atoms with E-state index >= 15 is 0 Å². The third-order valence-corrected chi connectivity index (χ3v) is 2.88. The first-order valence-electron chi connectivity index (χ1n) is 5.39. The first-order chi connectivity index (χ1) is 9.19. The van der Waals surface area contributed by atoms with Gasteiger partial charge in [0, 0.05) is 11.6 Å². The van der Waals surface area contributed by atoms with Crippen molar-refractivity contribution in [1.29, 1.82) is 0 Å². The smallest absolute Gasteiger partial charge is 0.169 e. The number of nitrogens with zero attached hydrogens (tertiary/aromatic N) is 4. The SMILES string of the molecule is COc1ccc(-c2nnc3cc(Cl)ncn23)cc1F. The maximum Gasteiger partial charge on any atom is 0.169 e. The second-order valence-corrected chi connectivity index (χ2v) is 4.20. The molecule has 2 heterocycles. The Hall–Kier alpha value is -2.21. The minimum atomic E-state index is -0.460. The predicted molar refractivity (Wildman–Crippen MR) is 67.7 cm³/mol. The number of ether oxygens (including phenoxy) is 1. The number of hydrogen-bond donors (Lipinski definition) is 0. The fraction of sp³-hybridized carbons (Fsp3) is 0.0833. The van der Waals surface area contributed by atoms with E-state index in [2.05, 4.69) is 15.2 Å². The number of fused-ring (bicyclic) bond motifs is 1. The van der Waals surface area contributed by atoms with Crippen molar-refractivity contribution in [3.8, 4) is 17.1 Å². The highest BCUT2D eigenvalue weighted by Crippen LogP contribution is 2.24. The third kappa shape index (κ3) is 2.00. The molecule has 0 spiro atoms. The Balaban J connectivity index is 2.16. The van der Waals surface area contributed by atoms with Crippen molar-refractivity contribution in [2.75, 3.05) is 7.11 Å². The van der Waals surface area contributed by atoms with Gasteiger partial charge in [-0.25, -0.2) is 9.37 Å². The van der Waals surface area contributed by atoms with E-state index < -0.39 is 5.82 Å². The molecule has 0 fully saturated rings. The third-order valence-electron chi connectivity index (χ3n) is 2.68. The molecule has 0 amide bonds. The summed E-state index contributed by atoms with van der Waals surface area (Å²) in [5, 5.41) is 8.30. The molecule has 0 unspecified atom stereocenters. The second-order valence-electron chi connectivity index (χ2n) is 3.81. The topological polar surface area (TPSA) is 52.3 Å². The quantitative estimate of drug-likeness (QED) is 0.676. The lowest BCUT2D eigenvalue weighted by molar-refractivity contribution is 0.386. The van der Waals surface area contributed by atoms with E-state index in [1.807, 2.05) is 0 Å². The molecule has 0 aliphatic rings. The summed E-state index contributed by atoms with van der Waals surface area (Å²) in [4.78, 5) is 3.95. The molecule has 0 aliphatic heterocycles. The lowest BCUT2D eigenvalue weighted by Gasteiger charge is -2.04. The van der Waals surface area contributed by atoms with Gasteiger partial charge in [0.05, 0.1) is 7.11 Å². The van der Waals surface area contributed by atoms with Crippen molar-refractivity contribution in [2.24, 2.45) is 0 Å². The number of aromatic nitrogens is 4. The number of methoxy groups -OCH3 is 1. The van der Waals surface area contributed by atoms with Gasteiger partial charge in [0.15, 0.2) is 23.0 Å². The molecule has 0 aliphatic carbocycles. The standard InChI is InChI=1S/C12H8ClFN4O/c1-19-9-3-2-7(4-8(9)14)12-17-16-11-5-10(13)15-6-18(11)12/h2-6H,1H3. The maximum atomic E-state index is 13.7. The van der Waals surface area contributed by atoms with Crippen molar-refractivity contribution in [2.45, 2.75) is 0 Å². The number of benzene rings is 1. The van der Waals surface area contributed by atoms with E-state index in [-0.39, 0.29) is 5.75 Å². The zero-order chi connectivity index (χ0) is 13.4. The molecular weight excluding hydrogens is 271 g/mol. The predicted octanol–water partition coefficient (Wildman–Crippen LogP) is 2.59. The summed E-state index contributed by atoms with van der Waals surface area (Å²) < 4.78 is 20.2. The largest absolute Gasteiger partial charge is 0.494 e. The van der Waals surface area contributed by atoms with Gasteiger partial charge in [0.1, 0.15) is 11.5 Å². The first kappa shape index (κ1) is 11.9. The molecule has 0 bridgehead atoms. The van der Waals surface area contributed by atoms with Gasteiger partial charge >= 0.3 is 0 Å². The van der Waals surface area contributed by atoms with Gasteiger partial charge in [-0.2, -0.15) is 0 Å². The van der Waals surface area contributed by atoms with Crippen LogP contribution >= 0.6 is 11.6 Å². The average molecular weight is 279 g/mol. The number of rotatable bonds is 2. The zero-order valence-electron chi connectivity index (χ0n) is 9.84. The van der Waals surface area contributed by atoms with Crippen LogP contribution in [0.3, 0.4) is 0 Å². The second kappa shape index (κ2) is 4.47. The van der Waals surface area contributed by atoms with E-state index in [0.717, 1.165) is 0 Å². The van der Waals surface area contributed by atoms with Crippen molar-refractivity contribution in [1.82, 2.24) is 19.6 Å². The minimum absolute atomic E-state index is 0.179. The summed E-state index contributed by atoms with van der Waals surface area (Å²) in [6.45, 7) is 0. The van der Waals surface area contributed by atoms with Crippen LogP contribution in [0.1, 0.15) is 0 Å². The molecule has 7 heteroatoms. The molecule has 0 saturated heterocycles. The van der Waals surface area contributed by atoms with Crippen LogP contribution in [0.25, 0.3) is 17.0 Å². The molecule has 1 aromatic carbocycles. The van der Waals surface area contributed by atoms with Crippen LogP contribution in [0, 0.1) is 5.82 Å². The van der Waals surface area contributed by atoms with Crippen LogP contribution in [0.4, 0.5) is 4.39 Å². The van der Waals surface area contributed by atoms with Gasteiger partial charge in [-0.15, -0.1) is 10.2 Å². The summed E-state index contributed by atoms with van der Waals surface area (Å²) in [5.41, 5.74) is 1.13.